The third kappa shape index (κ3) is 5.31. The van der Waals surface area contributed by atoms with Gasteiger partial charge in [0.25, 0.3) is 0 Å². The number of hydrogen-bond acceptors (Lipinski definition) is 7. The molecule has 2 heterocycles. The minimum absolute atomic E-state index is 0.0315. The average Bonchev–Trinajstić information content (AvgIpc) is 2.83. The molecule has 7 nitrogen and oxygen atoms in total. The van der Waals surface area contributed by atoms with Crippen molar-refractivity contribution in [2.75, 3.05) is 11.1 Å². The van der Waals surface area contributed by atoms with E-state index < -0.39 is 5.25 Å². The third-order valence-corrected chi connectivity index (χ3v) is 6.50. The van der Waals surface area contributed by atoms with Gasteiger partial charge < -0.3 is 11.1 Å². The van der Waals surface area contributed by atoms with E-state index in [-0.39, 0.29) is 22.9 Å². The molecule has 0 saturated heterocycles. The summed E-state index contributed by atoms with van der Waals surface area (Å²) >= 11 is 1.16. The van der Waals surface area contributed by atoms with E-state index in [0.717, 1.165) is 29.3 Å². The second-order valence-electron chi connectivity index (χ2n) is 7.43. The van der Waals surface area contributed by atoms with Gasteiger partial charge in [0, 0.05) is 11.8 Å². The maximum absolute atomic E-state index is 12.9. The van der Waals surface area contributed by atoms with Gasteiger partial charge in [-0.2, -0.15) is 10.5 Å². The molecule has 1 atom stereocenters. The lowest BCUT2D eigenvalue weighted by Crippen LogP contribution is -2.25. The molecule has 3 aromatic rings. The first-order valence-corrected chi connectivity index (χ1v) is 11.4. The number of nitrogen functional groups attached to an aromatic ring is 1. The summed E-state index contributed by atoms with van der Waals surface area (Å²) < 4.78 is 0. The van der Waals surface area contributed by atoms with E-state index in [2.05, 4.69) is 34.3 Å². The first kappa shape index (κ1) is 23.8. The molecule has 0 fully saturated rings. The number of amides is 1. The van der Waals surface area contributed by atoms with E-state index in [1.165, 1.54) is 0 Å². The Kier molecular flexibility index (Phi) is 7.66. The number of nitrogens with one attached hydrogen (secondary N) is 1. The van der Waals surface area contributed by atoms with Gasteiger partial charge in [-0.3, -0.25) is 4.79 Å². The summed E-state index contributed by atoms with van der Waals surface area (Å²) in [7, 11) is 0. The van der Waals surface area contributed by atoms with Crippen LogP contribution in [0, 0.1) is 29.6 Å². The van der Waals surface area contributed by atoms with Gasteiger partial charge >= 0.3 is 0 Å². The molecule has 0 radical (unpaired) electrons. The fourth-order valence-corrected chi connectivity index (χ4v) is 4.30. The first-order chi connectivity index (χ1) is 15.9. The van der Waals surface area contributed by atoms with Crippen LogP contribution in [-0.4, -0.2) is 21.1 Å². The zero-order valence-corrected chi connectivity index (χ0v) is 19.5. The molecule has 0 bridgehead atoms. The average molecular weight is 457 g/mol. The van der Waals surface area contributed by atoms with E-state index >= 15 is 0 Å². The first-order valence-electron chi connectivity index (χ1n) is 10.5. The highest BCUT2D eigenvalue weighted by Crippen LogP contribution is 2.37. The van der Waals surface area contributed by atoms with Crippen LogP contribution in [0.2, 0.25) is 0 Å². The van der Waals surface area contributed by atoms with Crippen LogP contribution in [0.25, 0.3) is 11.1 Å². The molecule has 3 rings (SSSR count). The zero-order chi connectivity index (χ0) is 24.0. The van der Waals surface area contributed by atoms with Crippen LogP contribution in [0.3, 0.4) is 0 Å². The number of rotatable bonds is 7. The quantitative estimate of drug-likeness (QED) is 0.486. The van der Waals surface area contributed by atoms with Crippen molar-refractivity contribution in [3.63, 3.8) is 0 Å². The normalized spacial score (nSPS) is 11.3. The Bertz CT molecular complexity index is 1240. The third-order valence-electron chi connectivity index (χ3n) is 5.15. The molecule has 166 valence electrons. The summed E-state index contributed by atoms with van der Waals surface area (Å²) in [6, 6.07) is 15.5. The number of nitrogens with zero attached hydrogens (tertiary/aromatic N) is 4. The second-order valence-corrected chi connectivity index (χ2v) is 8.62. The van der Waals surface area contributed by atoms with Gasteiger partial charge in [-0.25, -0.2) is 9.97 Å². The summed E-state index contributed by atoms with van der Waals surface area (Å²) in [4.78, 5) is 21.4. The molecule has 0 aliphatic carbocycles. The SMILES string of the molecule is CCc1ccc(-c2c(C#N)c(N)nc(SC(CC)C(=O)Nc3ccc(C)cn3)c2C#N)cc1. The van der Waals surface area contributed by atoms with Crippen LogP contribution >= 0.6 is 11.8 Å². The minimum atomic E-state index is -0.532. The van der Waals surface area contributed by atoms with Crippen molar-refractivity contribution in [2.45, 2.75) is 43.9 Å². The van der Waals surface area contributed by atoms with Crippen LogP contribution in [-0.2, 0) is 11.2 Å². The van der Waals surface area contributed by atoms with E-state index in [1.807, 2.05) is 44.2 Å². The topological polar surface area (TPSA) is 128 Å². The molecule has 2 aromatic heterocycles. The number of thioether (sulfide) groups is 1. The molecule has 1 amide bonds. The Morgan fingerprint density at radius 1 is 1.12 bits per heavy atom. The molecule has 8 heteroatoms. The van der Waals surface area contributed by atoms with Crippen LogP contribution in [0.5, 0.6) is 0 Å². The van der Waals surface area contributed by atoms with Crippen LogP contribution in [0.4, 0.5) is 11.6 Å². The molecule has 0 saturated carbocycles. The predicted molar refractivity (Wildman–Crippen MR) is 130 cm³/mol. The van der Waals surface area contributed by atoms with Gasteiger partial charge in [-0.05, 0) is 42.5 Å². The molecule has 1 aromatic carbocycles. The number of carbonyl (C=O) groups is 1. The number of aromatic nitrogens is 2. The van der Waals surface area contributed by atoms with Crippen molar-refractivity contribution < 1.29 is 4.79 Å². The predicted octanol–water partition coefficient (Wildman–Crippen LogP) is 4.85. The maximum atomic E-state index is 12.9. The Morgan fingerprint density at radius 3 is 2.36 bits per heavy atom. The lowest BCUT2D eigenvalue weighted by molar-refractivity contribution is -0.115. The molecule has 0 aliphatic rings. The number of nitriles is 2. The molecule has 33 heavy (non-hydrogen) atoms. The number of nitrogens with two attached hydrogens (primary N) is 1. The van der Waals surface area contributed by atoms with Crippen molar-refractivity contribution in [3.05, 3.63) is 64.8 Å². The summed E-state index contributed by atoms with van der Waals surface area (Å²) in [6.07, 6.45) is 3.05. The van der Waals surface area contributed by atoms with Crippen molar-refractivity contribution in [2.24, 2.45) is 0 Å². The number of pyridine rings is 2. The smallest absolute Gasteiger partial charge is 0.239 e. The van der Waals surface area contributed by atoms with Gasteiger partial charge in [0.1, 0.15) is 34.4 Å². The summed E-state index contributed by atoms with van der Waals surface area (Å²) in [5.74, 6) is 0.236. The molecular weight excluding hydrogens is 432 g/mol. The van der Waals surface area contributed by atoms with E-state index in [9.17, 15) is 15.3 Å². The van der Waals surface area contributed by atoms with Crippen LogP contribution in [0.1, 0.15) is 42.5 Å². The highest BCUT2D eigenvalue weighted by atomic mass is 32.2. The van der Waals surface area contributed by atoms with Gasteiger partial charge in [-0.1, -0.05) is 55.9 Å². The lowest BCUT2D eigenvalue weighted by Gasteiger charge is -2.17. The van der Waals surface area contributed by atoms with Gasteiger partial charge in [0.05, 0.1) is 10.8 Å². The summed E-state index contributed by atoms with van der Waals surface area (Å²) in [6.45, 7) is 5.85. The fraction of sp³-hybridized carbons (Fsp3) is 0.240. The highest BCUT2D eigenvalue weighted by molar-refractivity contribution is 8.00. The van der Waals surface area contributed by atoms with Gasteiger partial charge in [0.15, 0.2) is 0 Å². The Balaban J connectivity index is 2.00. The molecule has 0 spiro atoms. The standard InChI is InChI=1S/C25H24N6OS/c1-4-16-7-9-17(10-8-16)22-18(12-26)23(28)31-25(19(22)13-27)33-20(5-2)24(32)30-21-11-6-15(3)14-29-21/h6-11,14,20H,4-5H2,1-3H3,(H2,28,31)(H,29,30,32). The van der Waals surface area contributed by atoms with Crippen molar-refractivity contribution in [1.29, 1.82) is 10.5 Å². The van der Waals surface area contributed by atoms with Crippen molar-refractivity contribution in [3.8, 4) is 23.3 Å². The Labute approximate surface area is 197 Å². The Morgan fingerprint density at radius 2 is 1.82 bits per heavy atom. The fourth-order valence-electron chi connectivity index (χ4n) is 3.28. The Hall–Kier alpha value is -3.88. The van der Waals surface area contributed by atoms with Crippen LogP contribution in [0.15, 0.2) is 47.6 Å². The number of carbonyl (C=O) groups excluding carboxylic acids is 1. The van der Waals surface area contributed by atoms with E-state index in [1.54, 1.807) is 12.3 Å². The molecular formula is C25H24N6OS. The maximum Gasteiger partial charge on any atom is 0.239 e. The van der Waals surface area contributed by atoms with Crippen molar-refractivity contribution in [1.82, 2.24) is 9.97 Å². The van der Waals surface area contributed by atoms with Crippen molar-refractivity contribution >= 4 is 29.3 Å². The van der Waals surface area contributed by atoms with E-state index in [4.69, 9.17) is 5.73 Å². The van der Waals surface area contributed by atoms with Crippen LogP contribution < -0.4 is 11.1 Å². The number of benzene rings is 1. The lowest BCUT2D eigenvalue weighted by atomic mass is 9.96. The molecule has 1 unspecified atom stereocenters. The second kappa shape index (κ2) is 10.6. The van der Waals surface area contributed by atoms with E-state index in [0.29, 0.717) is 28.4 Å². The minimum Gasteiger partial charge on any atom is -0.383 e. The van der Waals surface area contributed by atoms with Gasteiger partial charge in [-0.15, -0.1) is 0 Å². The largest absolute Gasteiger partial charge is 0.383 e. The summed E-state index contributed by atoms with van der Waals surface area (Å²) in [5, 5.41) is 22.3. The number of aryl methyl sites for hydroxylation is 2. The number of hydrogen-bond donors (Lipinski definition) is 2. The summed E-state index contributed by atoms with van der Waals surface area (Å²) in [5.41, 5.74) is 9.77. The monoisotopic (exact) mass is 456 g/mol. The highest BCUT2D eigenvalue weighted by Gasteiger charge is 2.25. The zero-order valence-electron chi connectivity index (χ0n) is 18.7. The molecule has 0 aliphatic heterocycles. The van der Waals surface area contributed by atoms with Gasteiger partial charge in [0.2, 0.25) is 5.91 Å². The molecule has 3 N–H and O–H groups in total. The number of anilines is 2.